The zero-order valence-electron chi connectivity index (χ0n) is 10.0. The highest BCUT2D eigenvalue weighted by molar-refractivity contribution is 6.30. The van der Waals surface area contributed by atoms with Crippen molar-refractivity contribution in [2.24, 2.45) is 4.99 Å². The van der Waals surface area contributed by atoms with Gasteiger partial charge in [-0.25, -0.2) is 0 Å². The van der Waals surface area contributed by atoms with Crippen LogP contribution in [0.3, 0.4) is 0 Å². The molecule has 0 saturated carbocycles. The average Bonchev–Trinajstić information content (AvgIpc) is 2.81. The van der Waals surface area contributed by atoms with E-state index in [0.29, 0.717) is 5.02 Å². The summed E-state index contributed by atoms with van der Waals surface area (Å²) in [6.45, 7) is 0. The van der Waals surface area contributed by atoms with Gasteiger partial charge in [0.2, 0.25) is 5.66 Å². The molecule has 1 heterocycles. The number of aliphatic imine (C=N–C) groups is 1. The molecule has 4 heteroatoms. The van der Waals surface area contributed by atoms with Gasteiger partial charge in [-0.2, -0.15) is 0 Å². The van der Waals surface area contributed by atoms with Crippen molar-refractivity contribution in [1.82, 2.24) is 0 Å². The van der Waals surface area contributed by atoms with Crippen LogP contribution in [0, 0.1) is 0 Å². The quantitative estimate of drug-likeness (QED) is 0.870. The molecular formula is C15H11ClN2O. The lowest BCUT2D eigenvalue weighted by molar-refractivity contribution is -0.111. The molecule has 0 fully saturated rings. The Morgan fingerprint density at radius 1 is 1.11 bits per heavy atom. The van der Waals surface area contributed by atoms with Gasteiger partial charge in [0.1, 0.15) is 0 Å². The fourth-order valence-electron chi connectivity index (χ4n) is 2.17. The number of carbonyl (C=O) groups is 1. The van der Waals surface area contributed by atoms with E-state index in [1.807, 2.05) is 36.4 Å². The summed E-state index contributed by atoms with van der Waals surface area (Å²) in [5.41, 5.74) is 1.58. The second kappa shape index (κ2) is 4.52. The molecule has 1 aliphatic rings. The molecule has 94 valence electrons. The van der Waals surface area contributed by atoms with Gasteiger partial charge >= 0.3 is 0 Å². The number of nitrogens with zero attached hydrogens (tertiary/aromatic N) is 1. The maximum absolute atomic E-state index is 11.6. The summed E-state index contributed by atoms with van der Waals surface area (Å²) in [7, 11) is 0. The minimum atomic E-state index is -1.04. The molecule has 1 atom stereocenters. The lowest BCUT2D eigenvalue weighted by Gasteiger charge is -2.24. The molecule has 19 heavy (non-hydrogen) atoms. The average molecular weight is 271 g/mol. The summed E-state index contributed by atoms with van der Waals surface area (Å²) < 4.78 is 0. The van der Waals surface area contributed by atoms with Gasteiger partial charge in [0.05, 0.1) is 0 Å². The van der Waals surface area contributed by atoms with E-state index in [9.17, 15) is 4.79 Å². The van der Waals surface area contributed by atoms with Gasteiger partial charge in [-0.3, -0.25) is 9.79 Å². The molecule has 1 unspecified atom stereocenters. The van der Waals surface area contributed by atoms with Gasteiger partial charge in [0, 0.05) is 28.1 Å². The monoisotopic (exact) mass is 270 g/mol. The predicted molar refractivity (Wildman–Crippen MR) is 76.9 cm³/mol. The van der Waals surface area contributed by atoms with Crippen molar-refractivity contribution < 1.29 is 4.79 Å². The summed E-state index contributed by atoms with van der Waals surface area (Å²) in [6.07, 6.45) is 2.54. The third kappa shape index (κ3) is 2.02. The Hall–Kier alpha value is -2.13. The van der Waals surface area contributed by atoms with Crippen LogP contribution < -0.4 is 5.32 Å². The Labute approximate surface area is 115 Å². The molecule has 1 N–H and O–H groups in total. The fourth-order valence-corrected chi connectivity index (χ4v) is 2.30. The van der Waals surface area contributed by atoms with Crippen molar-refractivity contribution in [3.05, 3.63) is 64.7 Å². The number of hydrogen-bond donors (Lipinski definition) is 1. The Morgan fingerprint density at radius 3 is 2.58 bits per heavy atom. The number of carbonyl (C=O) groups excluding carboxylic acids is 1. The number of aldehydes is 1. The van der Waals surface area contributed by atoms with Gasteiger partial charge < -0.3 is 5.32 Å². The number of benzene rings is 2. The standard InChI is InChI=1S/C15H11ClN2O/c16-12-5-7-13(8-6-12)18-15(10-19)14-4-2-1-3-11(14)9-17-15/h1-10,18H. The largest absolute Gasteiger partial charge is 0.352 e. The van der Waals surface area contributed by atoms with Crippen LogP contribution in [0.25, 0.3) is 0 Å². The summed E-state index contributed by atoms with van der Waals surface area (Å²) in [6, 6.07) is 14.9. The van der Waals surface area contributed by atoms with Crippen LogP contribution >= 0.6 is 11.6 Å². The highest BCUT2D eigenvalue weighted by Crippen LogP contribution is 2.32. The van der Waals surface area contributed by atoms with Crippen molar-refractivity contribution >= 4 is 29.8 Å². The first-order chi connectivity index (χ1) is 9.23. The van der Waals surface area contributed by atoms with Crippen LogP contribution in [0.4, 0.5) is 5.69 Å². The molecule has 3 nitrogen and oxygen atoms in total. The van der Waals surface area contributed by atoms with Crippen molar-refractivity contribution in [3.63, 3.8) is 0 Å². The van der Waals surface area contributed by atoms with E-state index >= 15 is 0 Å². The van der Waals surface area contributed by atoms with Gasteiger partial charge in [-0.05, 0) is 24.3 Å². The second-order valence-corrected chi connectivity index (χ2v) is 4.80. The van der Waals surface area contributed by atoms with Gasteiger partial charge in [-0.15, -0.1) is 0 Å². The topological polar surface area (TPSA) is 41.5 Å². The van der Waals surface area contributed by atoms with E-state index in [2.05, 4.69) is 10.3 Å². The van der Waals surface area contributed by atoms with E-state index in [4.69, 9.17) is 11.6 Å². The SMILES string of the molecule is O=CC1(Nc2ccc(Cl)cc2)N=Cc2ccccc21. The Balaban J connectivity index is 2.00. The number of hydrogen-bond acceptors (Lipinski definition) is 3. The first-order valence-corrected chi connectivity index (χ1v) is 6.26. The van der Waals surface area contributed by atoms with E-state index in [1.165, 1.54) is 0 Å². The summed E-state index contributed by atoms with van der Waals surface area (Å²) in [4.78, 5) is 15.9. The van der Waals surface area contributed by atoms with E-state index in [0.717, 1.165) is 23.1 Å². The highest BCUT2D eigenvalue weighted by Gasteiger charge is 2.36. The Kier molecular flexibility index (Phi) is 2.84. The molecule has 0 amide bonds. The molecular weight excluding hydrogens is 260 g/mol. The fraction of sp³-hybridized carbons (Fsp3) is 0.0667. The predicted octanol–water partition coefficient (Wildman–Crippen LogP) is 3.24. The minimum Gasteiger partial charge on any atom is -0.352 e. The normalized spacial score (nSPS) is 20.1. The molecule has 0 aromatic heterocycles. The summed E-state index contributed by atoms with van der Waals surface area (Å²) in [5.74, 6) is 0. The highest BCUT2D eigenvalue weighted by atomic mass is 35.5. The van der Waals surface area contributed by atoms with Crippen LogP contribution in [-0.4, -0.2) is 12.5 Å². The molecule has 3 rings (SSSR count). The molecule has 2 aromatic carbocycles. The lowest BCUT2D eigenvalue weighted by Crippen LogP contribution is -2.33. The van der Waals surface area contributed by atoms with Crippen LogP contribution in [0.2, 0.25) is 5.02 Å². The lowest BCUT2D eigenvalue weighted by atomic mass is 9.99. The van der Waals surface area contributed by atoms with Crippen LogP contribution in [0.1, 0.15) is 11.1 Å². The van der Waals surface area contributed by atoms with Crippen molar-refractivity contribution in [3.8, 4) is 0 Å². The van der Waals surface area contributed by atoms with Gasteiger partial charge in [0.15, 0.2) is 6.29 Å². The zero-order chi connectivity index (χ0) is 13.3. The molecule has 0 spiro atoms. The summed E-state index contributed by atoms with van der Waals surface area (Å²) >= 11 is 5.85. The molecule has 0 saturated heterocycles. The maximum atomic E-state index is 11.6. The van der Waals surface area contributed by atoms with Crippen molar-refractivity contribution in [1.29, 1.82) is 0 Å². The molecule has 0 aliphatic carbocycles. The number of anilines is 1. The number of halogens is 1. The first-order valence-electron chi connectivity index (χ1n) is 5.88. The van der Waals surface area contributed by atoms with Gasteiger partial charge in [-0.1, -0.05) is 35.9 Å². The second-order valence-electron chi connectivity index (χ2n) is 4.36. The Morgan fingerprint density at radius 2 is 1.84 bits per heavy atom. The summed E-state index contributed by atoms with van der Waals surface area (Å²) in [5, 5.41) is 3.82. The van der Waals surface area contributed by atoms with E-state index < -0.39 is 5.66 Å². The van der Waals surface area contributed by atoms with Crippen LogP contribution in [0.15, 0.2) is 53.5 Å². The van der Waals surface area contributed by atoms with Crippen molar-refractivity contribution in [2.45, 2.75) is 5.66 Å². The number of nitrogens with one attached hydrogen (secondary N) is 1. The molecule has 0 bridgehead atoms. The molecule has 2 aromatic rings. The molecule has 1 aliphatic heterocycles. The van der Waals surface area contributed by atoms with Gasteiger partial charge in [0.25, 0.3) is 0 Å². The molecule has 0 radical (unpaired) electrons. The zero-order valence-corrected chi connectivity index (χ0v) is 10.8. The van der Waals surface area contributed by atoms with Crippen molar-refractivity contribution in [2.75, 3.05) is 5.32 Å². The first kappa shape index (κ1) is 11.9. The third-order valence-corrected chi connectivity index (χ3v) is 3.38. The van der Waals surface area contributed by atoms with Crippen LogP contribution in [0.5, 0.6) is 0 Å². The Bertz CT molecular complexity index is 651. The number of fused-ring (bicyclic) bond motifs is 1. The maximum Gasteiger partial charge on any atom is 0.212 e. The minimum absolute atomic E-state index is 0.654. The van der Waals surface area contributed by atoms with E-state index in [-0.39, 0.29) is 0 Å². The van der Waals surface area contributed by atoms with Crippen LogP contribution in [-0.2, 0) is 10.5 Å². The smallest absolute Gasteiger partial charge is 0.212 e. The van der Waals surface area contributed by atoms with E-state index in [1.54, 1.807) is 18.3 Å². The number of rotatable bonds is 3. The third-order valence-electron chi connectivity index (χ3n) is 3.13.